The van der Waals surface area contributed by atoms with Crippen LogP contribution in [0.4, 0.5) is 0 Å². The predicted octanol–water partition coefficient (Wildman–Crippen LogP) is 5.21. The summed E-state index contributed by atoms with van der Waals surface area (Å²) in [5.41, 5.74) is 2.44. The summed E-state index contributed by atoms with van der Waals surface area (Å²) in [6.45, 7) is 0.204. The third kappa shape index (κ3) is 1.99. The maximum Gasteiger partial charge on any atom is 0.231 e. The monoisotopic (exact) mass is 316 g/mol. The van der Waals surface area contributed by atoms with Gasteiger partial charge in [-0.1, -0.05) is 36.0 Å². The topological polar surface area (TPSA) is 31.6 Å². The summed E-state index contributed by atoms with van der Waals surface area (Å²) in [6, 6.07) is 11.2. The van der Waals surface area contributed by atoms with Crippen molar-refractivity contribution in [1.82, 2.24) is 0 Å². The summed E-state index contributed by atoms with van der Waals surface area (Å²) in [5, 5.41) is 1.52. The lowest BCUT2D eigenvalue weighted by molar-refractivity contribution is 0.174. The normalized spacial score (nSPS) is 12.8. The van der Waals surface area contributed by atoms with Crippen LogP contribution < -0.4 is 9.47 Å². The zero-order chi connectivity index (χ0) is 14.4. The third-order valence-corrected chi connectivity index (χ3v) is 4.12. The third-order valence-electron chi connectivity index (χ3n) is 3.43. The van der Waals surface area contributed by atoms with E-state index in [0.29, 0.717) is 22.1 Å². The van der Waals surface area contributed by atoms with E-state index in [1.165, 1.54) is 0 Å². The predicted molar refractivity (Wildman–Crippen MR) is 83.6 cm³/mol. The first-order valence-corrected chi connectivity index (χ1v) is 7.13. The van der Waals surface area contributed by atoms with Gasteiger partial charge in [-0.2, -0.15) is 0 Å². The van der Waals surface area contributed by atoms with Crippen LogP contribution in [0.25, 0.3) is 22.1 Å². The molecule has 0 radical (unpaired) electrons. The fraction of sp³-hybridized carbons (Fsp3) is 0.0625. The summed E-state index contributed by atoms with van der Waals surface area (Å²) in [4.78, 5) is 0. The lowest BCUT2D eigenvalue weighted by Gasteiger charge is -2.06. The van der Waals surface area contributed by atoms with Crippen molar-refractivity contribution in [3.05, 3.63) is 52.2 Å². The zero-order valence-corrected chi connectivity index (χ0v) is 12.3. The maximum absolute atomic E-state index is 5.92. The Balaban J connectivity index is 1.97. The van der Waals surface area contributed by atoms with Crippen LogP contribution in [-0.4, -0.2) is 6.79 Å². The second-order valence-electron chi connectivity index (χ2n) is 4.66. The lowest BCUT2D eigenvalue weighted by Crippen LogP contribution is -1.93. The van der Waals surface area contributed by atoms with Gasteiger partial charge in [0, 0.05) is 16.0 Å². The van der Waals surface area contributed by atoms with E-state index in [4.69, 9.17) is 37.7 Å². The number of rotatable bonds is 1. The molecule has 0 fully saturated rings. The minimum Gasteiger partial charge on any atom is -0.460 e. The Morgan fingerprint density at radius 3 is 2.62 bits per heavy atom. The smallest absolute Gasteiger partial charge is 0.231 e. The number of hydrogen-bond acceptors (Lipinski definition) is 4. The van der Waals surface area contributed by atoms with Gasteiger partial charge in [0.2, 0.25) is 12.5 Å². The van der Waals surface area contributed by atoms with Gasteiger partial charge >= 0.3 is 0 Å². The molecule has 1 aliphatic rings. The fourth-order valence-corrected chi connectivity index (χ4v) is 2.84. The molecule has 0 atom stereocenters. The largest absolute Gasteiger partial charge is 0.460 e. The van der Waals surface area contributed by atoms with Gasteiger partial charge in [0.05, 0.1) is 4.51 Å². The van der Waals surface area contributed by atoms with Gasteiger partial charge < -0.3 is 13.9 Å². The molecule has 0 unspecified atom stereocenters. The molecule has 0 amide bonds. The Labute approximate surface area is 130 Å². The second-order valence-corrected chi connectivity index (χ2v) is 5.51. The Bertz CT molecular complexity index is 900. The Hall–Kier alpha value is -2.04. The minimum atomic E-state index is 0.204. The molecule has 0 aliphatic carbocycles. The minimum absolute atomic E-state index is 0.204. The molecular weight excluding hydrogens is 308 g/mol. The molecule has 104 valence electrons. The molecular formula is C16H9ClO3S. The molecule has 1 aliphatic heterocycles. The number of fused-ring (bicyclic) bond motifs is 3. The van der Waals surface area contributed by atoms with Gasteiger partial charge in [-0.15, -0.1) is 0 Å². The van der Waals surface area contributed by atoms with Crippen molar-refractivity contribution in [2.24, 2.45) is 0 Å². The molecule has 1 aromatic heterocycles. The van der Waals surface area contributed by atoms with Crippen LogP contribution in [0.15, 0.2) is 47.1 Å². The van der Waals surface area contributed by atoms with E-state index >= 15 is 0 Å². The summed E-state index contributed by atoms with van der Waals surface area (Å²) >= 11 is 11.5. The Morgan fingerprint density at radius 2 is 1.81 bits per heavy atom. The molecule has 21 heavy (non-hydrogen) atoms. The first-order chi connectivity index (χ1) is 10.2. The van der Waals surface area contributed by atoms with Crippen molar-refractivity contribution in [3.63, 3.8) is 0 Å². The van der Waals surface area contributed by atoms with E-state index < -0.39 is 0 Å². The van der Waals surface area contributed by atoms with Crippen LogP contribution in [0.3, 0.4) is 0 Å². The number of ether oxygens (including phenoxy) is 2. The maximum atomic E-state index is 5.92. The zero-order valence-electron chi connectivity index (χ0n) is 10.8. The lowest BCUT2D eigenvalue weighted by atomic mass is 10.1. The molecule has 3 aromatic rings. The van der Waals surface area contributed by atoms with Crippen LogP contribution in [0.1, 0.15) is 0 Å². The standard InChI is InChI=1S/C16H9ClO3S/c17-10-3-1-9(2-4-10)12-7-18-14-11(16(12)21)5-6-13-15(14)20-8-19-13/h1-7H,8H2. The van der Waals surface area contributed by atoms with Gasteiger partial charge in [-0.3, -0.25) is 0 Å². The van der Waals surface area contributed by atoms with Gasteiger partial charge in [0.25, 0.3) is 0 Å². The highest BCUT2D eigenvalue weighted by atomic mass is 35.5. The Morgan fingerprint density at radius 1 is 1.00 bits per heavy atom. The van der Waals surface area contributed by atoms with Gasteiger partial charge in [-0.05, 0) is 29.8 Å². The summed E-state index contributed by atoms with van der Waals surface area (Å²) in [6.07, 6.45) is 1.65. The molecule has 0 spiro atoms. The first kappa shape index (κ1) is 12.7. The highest BCUT2D eigenvalue weighted by Crippen LogP contribution is 2.41. The van der Waals surface area contributed by atoms with E-state index in [9.17, 15) is 0 Å². The fourth-order valence-electron chi connectivity index (χ4n) is 2.39. The molecule has 2 heterocycles. The van der Waals surface area contributed by atoms with Gasteiger partial charge in [0.15, 0.2) is 11.3 Å². The van der Waals surface area contributed by atoms with Crippen LogP contribution in [0.5, 0.6) is 11.5 Å². The number of hydrogen-bond donors (Lipinski definition) is 0. The number of benzene rings is 2. The van der Waals surface area contributed by atoms with Crippen molar-refractivity contribution in [2.45, 2.75) is 0 Å². The van der Waals surface area contributed by atoms with Crippen molar-refractivity contribution in [2.75, 3.05) is 6.79 Å². The van der Waals surface area contributed by atoms with E-state index in [1.807, 2.05) is 36.4 Å². The highest BCUT2D eigenvalue weighted by molar-refractivity contribution is 7.71. The average Bonchev–Trinajstić information content (AvgIpc) is 2.97. The SMILES string of the molecule is S=c1c(-c2ccc(Cl)cc2)coc2c3c(ccc12)OCO3. The van der Waals surface area contributed by atoms with E-state index in [1.54, 1.807) is 6.26 Å². The van der Waals surface area contributed by atoms with Crippen LogP contribution in [0, 0.1) is 4.51 Å². The molecule has 4 rings (SSSR count). The van der Waals surface area contributed by atoms with Crippen molar-refractivity contribution >= 4 is 34.8 Å². The molecule has 0 saturated heterocycles. The van der Waals surface area contributed by atoms with Crippen LogP contribution in [0.2, 0.25) is 5.02 Å². The Kier molecular flexibility index (Phi) is 2.87. The van der Waals surface area contributed by atoms with Crippen LogP contribution >= 0.6 is 23.8 Å². The molecule has 3 nitrogen and oxygen atoms in total. The molecule has 0 N–H and O–H groups in total. The van der Waals surface area contributed by atoms with E-state index in [2.05, 4.69) is 0 Å². The average molecular weight is 317 g/mol. The summed E-state index contributed by atoms with van der Waals surface area (Å²) < 4.78 is 17.3. The summed E-state index contributed by atoms with van der Waals surface area (Å²) in [7, 11) is 0. The van der Waals surface area contributed by atoms with Crippen molar-refractivity contribution in [1.29, 1.82) is 0 Å². The quantitative estimate of drug-likeness (QED) is 0.577. The first-order valence-electron chi connectivity index (χ1n) is 6.34. The van der Waals surface area contributed by atoms with Crippen molar-refractivity contribution < 1.29 is 13.9 Å². The second kappa shape index (κ2) is 4.76. The van der Waals surface area contributed by atoms with Gasteiger partial charge in [-0.25, -0.2) is 0 Å². The van der Waals surface area contributed by atoms with E-state index in [-0.39, 0.29) is 6.79 Å². The van der Waals surface area contributed by atoms with Crippen LogP contribution in [-0.2, 0) is 0 Å². The van der Waals surface area contributed by atoms with E-state index in [0.717, 1.165) is 21.0 Å². The molecule has 2 aromatic carbocycles. The van der Waals surface area contributed by atoms with Gasteiger partial charge in [0.1, 0.15) is 6.26 Å². The highest BCUT2D eigenvalue weighted by Gasteiger charge is 2.20. The summed E-state index contributed by atoms with van der Waals surface area (Å²) in [5.74, 6) is 1.29. The molecule has 0 saturated carbocycles. The van der Waals surface area contributed by atoms with Crippen molar-refractivity contribution in [3.8, 4) is 22.6 Å². The molecule has 5 heteroatoms. The molecule has 0 bridgehead atoms. The number of halogens is 1.